The first-order chi connectivity index (χ1) is 12.7. The summed E-state index contributed by atoms with van der Waals surface area (Å²) in [7, 11) is 0. The highest BCUT2D eigenvalue weighted by atomic mass is 32.2. The second kappa shape index (κ2) is 8.98. The van der Waals surface area contributed by atoms with E-state index in [-0.39, 0.29) is 11.7 Å². The Morgan fingerprint density at radius 1 is 1.15 bits per heavy atom. The smallest absolute Gasteiger partial charge is 0.123 e. The number of nitrogens with one attached hydrogen (secondary N) is 1. The van der Waals surface area contributed by atoms with Crippen molar-refractivity contribution in [3.8, 4) is 0 Å². The maximum Gasteiger partial charge on any atom is 0.123 e. The molecular weight excluding hydrogens is 365 g/mol. The van der Waals surface area contributed by atoms with E-state index in [9.17, 15) is 4.39 Å². The molecule has 3 rings (SSSR count). The summed E-state index contributed by atoms with van der Waals surface area (Å²) < 4.78 is 19.2. The second-order valence-corrected chi connectivity index (χ2v) is 7.78. The quantitative estimate of drug-likeness (QED) is 0.362. The predicted molar refractivity (Wildman–Crippen MR) is 113 cm³/mol. The Morgan fingerprint density at radius 3 is 2.73 bits per heavy atom. The fraction of sp³-hybridized carbons (Fsp3) is 0.333. The van der Waals surface area contributed by atoms with E-state index in [0.717, 1.165) is 23.3 Å². The van der Waals surface area contributed by atoms with Crippen molar-refractivity contribution in [3.63, 3.8) is 0 Å². The van der Waals surface area contributed by atoms with Crippen molar-refractivity contribution in [2.75, 3.05) is 19.1 Å². The highest BCUT2D eigenvalue weighted by Crippen LogP contribution is 2.36. The third kappa shape index (κ3) is 4.11. The molecule has 2 nitrogen and oxygen atoms in total. The second-order valence-electron chi connectivity index (χ2n) is 6.35. The molecule has 1 heterocycles. The number of thioether (sulfide) groups is 1. The van der Waals surface area contributed by atoms with Gasteiger partial charge in [-0.3, -0.25) is 0 Å². The highest BCUT2D eigenvalue weighted by molar-refractivity contribution is 7.97. The molecule has 3 aromatic rings. The van der Waals surface area contributed by atoms with Crippen LogP contribution in [0.1, 0.15) is 34.6 Å². The van der Waals surface area contributed by atoms with Crippen LogP contribution in [0.2, 0.25) is 0 Å². The summed E-state index contributed by atoms with van der Waals surface area (Å²) in [5, 5.41) is 1.24. The number of para-hydroxylation sites is 1. The number of rotatable bonds is 8. The Labute approximate surface area is 163 Å². The topological polar surface area (TPSA) is 25.0 Å². The van der Waals surface area contributed by atoms with E-state index < -0.39 is 0 Å². The molecular formula is C21H24FNOS2. The summed E-state index contributed by atoms with van der Waals surface area (Å²) in [6.45, 7) is 2.63. The van der Waals surface area contributed by atoms with E-state index in [0.29, 0.717) is 6.61 Å². The van der Waals surface area contributed by atoms with Crippen LogP contribution in [0.25, 0.3) is 10.9 Å². The summed E-state index contributed by atoms with van der Waals surface area (Å²) in [5.41, 5.74) is 5.91. The van der Waals surface area contributed by atoms with Crippen molar-refractivity contribution >= 4 is 34.7 Å². The third-order valence-electron chi connectivity index (χ3n) is 4.72. The van der Waals surface area contributed by atoms with Gasteiger partial charge in [-0.15, -0.1) is 0 Å². The third-order valence-corrected chi connectivity index (χ3v) is 5.73. The number of aromatic nitrogens is 1. The molecule has 0 aliphatic carbocycles. The van der Waals surface area contributed by atoms with Crippen LogP contribution in [0, 0.1) is 12.7 Å². The van der Waals surface area contributed by atoms with Crippen LogP contribution in [-0.2, 0) is 9.94 Å². The van der Waals surface area contributed by atoms with E-state index >= 15 is 0 Å². The Hall–Kier alpha value is -1.43. The average molecular weight is 390 g/mol. The lowest BCUT2D eigenvalue weighted by Crippen LogP contribution is -2.06. The van der Waals surface area contributed by atoms with Crippen molar-refractivity contribution in [1.82, 2.24) is 4.98 Å². The maximum absolute atomic E-state index is 13.6. The number of fused-ring (bicyclic) bond motifs is 1. The zero-order valence-corrected chi connectivity index (χ0v) is 17.0. The monoisotopic (exact) mass is 389 g/mol. The van der Waals surface area contributed by atoms with Crippen molar-refractivity contribution in [3.05, 3.63) is 70.7 Å². The van der Waals surface area contributed by atoms with Crippen LogP contribution in [0.15, 0.2) is 42.6 Å². The van der Waals surface area contributed by atoms with E-state index in [1.165, 1.54) is 34.1 Å². The summed E-state index contributed by atoms with van der Waals surface area (Å²) in [6, 6.07) is 11.6. The highest BCUT2D eigenvalue weighted by Gasteiger charge is 2.21. The van der Waals surface area contributed by atoms with E-state index in [1.54, 1.807) is 12.1 Å². The van der Waals surface area contributed by atoms with Gasteiger partial charge >= 0.3 is 0 Å². The zero-order chi connectivity index (χ0) is 18.5. The summed E-state index contributed by atoms with van der Waals surface area (Å²) in [6.07, 6.45) is 7.01. The number of hydrogen-bond acceptors (Lipinski definition) is 3. The first kappa shape index (κ1) is 19.3. The molecule has 0 fully saturated rings. The first-order valence-corrected chi connectivity index (χ1v) is 11.2. The lowest BCUT2D eigenvalue weighted by Gasteiger charge is -2.19. The van der Waals surface area contributed by atoms with Crippen molar-refractivity contribution in [1.29, 1.82) is 0 Å². The standard InChI is InChI=1S/C21H24FNOS2/c1-14-11-16(22)7-8-17(14)18(9-10-24-26-3)20-12-23-21-15(13-25-2)5-4-6-19(20)21/h4-8,11-12,18,23H,9-10,13H2,1-3H3. The van der Waals surface area contributed by atoms with Gasteiger partial charge in [0, 0.05) is 35.0 Å². The van der Waals surface area contributed by atoms with Gasteiger partial charge in [-0.2, -0.15) is 11.8 Å². The number of benzene rings is 2. The van der Waals surface area contributed by atoms with Crippen molar-refractivity contribution < 1.29 is 8.57 Å². The predicted octanol–water partition coefficient (Wildman–Crippen LogP) is 6.30. The molecule has 0 radical (unpaired) electrons. The lowest BCUT2D eigenvalue weighted by molar-refractivity contribution is 0.357. The van der Waals surface area contributed by atoms with Gasteiger partial charge in [0.15, 0.2) is 0 Å². The molecule has 0 spiro atoms. The molecule has 1 atom stereocenters. The van der Waals surface area contributed by atoms with Crippen LogP contribution in [0.3, 0.4) is 0 Å². The van der Waals surface area contributed by atoms with Gasteiger partial charge in [0.05, 0.1) is 6.61 Å². The number of halogens is 1. The van der Waals surface area contributed by atoms with Gasteiger partial charge in [-0.05, 0) is 66.0 Å². The first-order valence-electron chi connectivity index (χ1n) is 8.65. The van der Waals surface area contributed by atoms with Crippen LogP contribution >= 0.6 is 23.8 Å². The van der Waals surface area contributed by atoms with Crippen LogP contribution < -0.4 is 0 Å². The molecule has 0 amide bonds. The van der Waals surface area contributed by atoms with E-state index in [1.807, 2.05) is 31.0 Å². The van der Waals surface area contributed by atoms with Gasteiger partial charge in [0.2, 0.25) is 0 Å². The number of H-pyrrole nitrogens is 1. The molecule has 0 saturated carbocycles. The molecule has 5 heteroatoms. The number of hydrogen-bond donors (Lipinski definition) is 1. The normalized spacial score (nSPS) is 12.6. The van der Waals surface area contributed by atoms with Gasteiger partial charge in [-0.1, -0.05) is 24.3 Å². The maximum atomic E-state index is 13.6. The molecule has 26 heavy (non-hydrogen) atoms. The molecule has 1 aromatic heterocycles. The van der Waals surface area contributed by atoms with Gasteiger partial charge in [-0.25, -0.2) is 4.39 Å². The van der Waals surface area contributed by atoms with Crippen LogP contribution in [0.5, 0.6) is 0 Å². The van der Waals surface area contributed by atoms with Crippen LogP contribution in [-0.4, -0.2) is 24.1 Å². The Morgan fingerprint density at radius 2 is 2.00 bits per heavy atom. The number of aromatic amines is 1. The van der Waals surface area contributed by atoms with E-state index in [4.69, 9.17) is 4.18 Å². The largest absolute Gasteiger partial charge is 0.361 e. The summed E-state index contributed by atoms with van der Waals surface area (Å²) >= 11 is 3.20. The Balaban J connectivity index is 2.07. The minimum absolute atomic E-state index is 0.168. The Bertz CT molecular complexity index is 878. The summed E-state index contributed by atoms with van der Waals surface area (Å²) in [5.74, 6) is 0.959. The molecule has 0 saturated heterocycles. The zero-order valence-electron chi connectivity index (χ0n) is 15.3. The molecule has 0 bridgehead atoms. The van der Waals surface area contributed by atoms with Gasteiger partial charge in [0.1, 0.15) is 5.82 Å². The minimum atomic E-state index is -0.188. The molecule has 1 unspecified atom stereocenters. The minimum Gasteiger partial charge on any atom is -0.361 e. The molecule has 1 N–H and O–H groups in total. The molecule has 0 aliphatic heterocycles. The van der Waals surface area contributed by atoms with Gasteiger partial charge in [0.25, 0.3) is 0 Å². The van der Waals surface area contributed by atoms with Crippen LogP contribution in [0.4, 0.5) is 4.39 Å². The average Bonchev–Trinajstić information content (AvgIpc) is 3.05. The molecule has 0 aliphatic rings. The number of aryl methyl sites for hydroxylation is 1. The fourth-order valence-electron chi connectivity index (χ4n) is 3.56. The fourth-order valence-corrected chi connectivity index (χ4v) is 4.38. The lowest BCUT2D eigenvalue weighted by atomic mass is 9.86. The van der Waals surface area contributed by atoms with E-state index in [2.05, 4.69) is 35.6 Å². The molecule has 2 aromatic carbocycles. The van der Waals surface area contributed by atoms with Crippen molar-refractivity contribution in [2.45, 2.75) is 25.0 Å². The van der Waals surface area contributed by atoms with Gasteiger partial charge < -0.3 is 9.17 Å². The Kier molecular flexibility index (Phi) is 6.68. The molecule has 138 valence electrons. The summed E-state index contributed by atoms with van der Waals surface area (Å²) in [4.78, 5) is 3.48. The van der Waals surface area contributed by atoms with Crippen molar-refractivity contribution in [2.24, 2.45) is 0 Å². The SMILES string of the molecule is CSCc1cccc2c(C(CCOSC)c3ccc(F)cc3C)c[nH]c12.